The molecule has 0 radical (unpaired) electrons. The minimum absolute atomic E-state index is 0.0177. The second kappa shape index (κ2) is 7.03. The van der Waals surface area contributed by atoms with E-state index in [0.717, 1.165) is 0 Å². The SMILES string of the molecule is CCNC(C)CC(=O)N(CC(=O)O)C1CCS(=O)(=O)C1. The van der Waals surface area contributed by atoms with E-state index in [1.807, 2.05) is 13.8 Å². The maximum atomic E-state index is 12.2. The number of hydrogen-bond donors (Lipinski definition) is 2. The van der Waals surface area contributed by atoms with Crippen LogP contribution >= 0.6 is 0 Å². The zero-order valence-corrected chi connectivity index (χ0v) is 12.6. The summed E-state index contributed by atoms with van der Waals surface area (Å²) in [5.41, 5.74) is 0. The van der Waals surface area contributed by atoms with Crippen LogP contribution in [0.1, 0.15) is 26.7 Å². The Morgan fingerprint density at radius 2 is 2.10 bits per heavy atom. The summed E-state index contributed by atoms with van der Waals surface area (Å²) in [7, 11) is -3.15. The van der Waals surface area contributed by atoms with Crippen molar-refractivity contribution in [3.8, 4) is 0 Å². The number of carbonyl (C=O) groups excluding carboxylic acids is 1. The lowest BCUT2D eigenvalue weighted by Crippen LogP contribution is -2.46. The van der Waals surface area contributed by atoms with Gasteiger partial charge in [0, 0.05) is 18.5 Å². The molecule has 0 aromatic heterocycles. The molecule has 20 heavy (non-hydrogen) atoms. The fourth-order valence-corrected chi connectivity index (χ4v) is 4.12. The summed E-state index contributed by atoms with van der Waals surface area (Å²) < 4.78 is 23.0. The van der Waals surface area contributed by atoms with E-state index in [1.54, 1.807) is 0 Å². The smallest absolute Gasteiger partial charge is 0.323 e. The highest BCUT2D eigenvalue weighted by molar-refractivity contribution is 7.91. The summed E-state index contributed by atoms with van der Waals surface area (Å²) in [5, 5.41) is 12.0. The van der Waals surface area contributed by atoms with Gasteiger partial charge in [0.05, 0.1) is 11.5 Å². The first kappa shape index (κ1) is 16.9. The van der Waals surface area contributed by atoms with Gasteiger partial charge >= 0.3 is 5.97 Å². The lowest BCUT2D eigenvalue weighted by molar-refractivity contribution is -0.146. The highest BCUT2D eigenvalue weighted by atomic mass is 32.2. The molecule has 1 heterocycles. The van der Waals surface area contributed by atoms with Crippen molar-refractivity contribution in [3.05, 3.63) is 0 Å². The molecule has 1 amide bonds. The van der Waals surface area contributed by atoms with Crippen molar-refractivity contribution in [2.45, 2.75) is 38.8 Å². The number of sulfone groups is 1. The Labute approximate surface area is 119 Å². The predicted molar refractivity (Wildman–Crippen MR) is 74.2 cm³/mol. The standard InChI is InChI=1S/C12H22N2O5S/c1-3-13-9(2)6-11(15)14(7-12(16)17)10-4-5-20(18,19)8-10/h9-10,13H,3-8H2,1-2H3,(H,16,17). The van der Waals surface area contributed by atoms with Crippen molar-refractivity contribution in [1.82, 2.24) is 10.2 Å². The molecule has 8 heteroatoms. The Balaban J connectivity index is 2.74. The number of nitrogens with one attached hydrogen (secondary N) is 1. The number of carbonyl (C=O) groups is 2. The van der Waals surface area contributed by atoms with E-state index in [0.29, 0.717) is 13.0 Å². The highest BCUT2D eigenvalue weighted by Crippen LogP contribution is 2.18. The first-order chi connectivity index (χ1) is 9.25. The summed E-state index contributed by atoms with van der Waals surface area (Å²) in [6.45, 7) is 4.02. The number of amides is 1. The molecule has 1 rings (SSSR count). The van der Waals surface area contributed by atoms with Crippen LogP contribution < -0.4 is 5.32 Å². The largest absolute Gasteiger partial charge is 0.480 e. The quantitative estimate of drug-likeness (QED) is 0.655. The van der Waals surface area contributed by atoms with E-state index >= 15 is 0 Å². The summed E-state index contributed by atoms with van der Waals surface area (Å²) in [4.78, 5) is 24.3. The molecule has 0 bridgehead atoms. The molecule has 1 aliphatic rings. The molecular weight excluding hydrogens is 284 g/mol. The molecule has 1 fully saturated rings. The van der Waals surface area contributed by atoms with Crippen LogP contribution in [0.2, 0.25) is 0 Å². The molecule has 116 valence electrons. The Hall–Kier alpha value is -1.15. The van der Waals surface area contributed by atoms with Gasteiger partial charge in [-0.1, -0.05) is 6.92 Å². The van der Waals surface area contributed by atoms with Crippen molar-refractivity contribution in [1.29, 1.82) is 0 Å². The van der Waals surface area contributed by atoms with Crippen molar-refractivity contribution in [2.75, 3.05) is 24.6 Å². The lowest BCUT2D eigenvalue weighted by Gasteiger charge is -2.28. The molecule has 7 nitrogen and oxygen atoms in total. The number of rotatable bonds is 7. The van der Waals surface area contributed by atoms with Crippen LogP contribution in [0, 0.1) is 0 Å². The third-order valence-corrected chi connectivity index (χ3v) is 5.06. The minimum Gasteiger partial charge on any atom is -0.480 e. The molecule has 1 aliphatic heterocycles. The number of aliphatic carboxylic acids is 1. The normalized spacial score (nSPS) is 22.4. The van der Waals surface area contributed by atoms with Gasteiger partial charge in [0.2, 0.25) is 5.91 Å². The van der Waals surface area contributed by atoms with Gasteiger partial charge in [-0.25, -0.2) is 8.42 Å². The monoisotopic (exact) mass is 306 g/mol. The first-order valence-corrected chi connectivity index (χ1v) is 8.52. The van der Waals surface area contributed by atoms with Gasteiger partial charge in [-0.05, 0) is 19.9 Å². The van der Waals surface area contributed by atoms with Crippen molar-refractivity contribution in [3.63, 3.8) is 0 Å². The van der Waals surface area contributed by atoms with E-state index in [1.165, 1.54) is 4.90 Å². The Kier molecular flexibility index (Phi) is 5.94. The van der Waals surface area contributed by atoms with E-state index in [4.69, 9.17) is 5.11 Å². The topological polar surface area (TPSA) is 104 Å². The van der Waals surface area contributed by atoms with E-state index in [2.05, 4.69) is 5.32 Å². The molecule has 0 aliphatic carbocycles. The molecule has 2 N–H and O–H groups in total. The van der Waals surface area contributed by atoms with Crippen molar-refractivity contribution < 1.29 is 23.1 Å². The molecule has 0 saturated carbocycles. The zero-order chi connectivity index (χ0) is 15.3. The van der Waals surface area contributed by atoms with Gasteiger partial charge in [-0.3, -0.25) is 9.59 Å². The summed E-state index contributed by atoms with van der Waals surface area (Å²) in [5.74, 6) is -1.56. The molecule has 0 aromatic rings. The predicted octanol–water partition coefficient (Wildman–Crippen LogP) is -0.525. The van der Waals surface area contributed by atoms with Gasteiger partial charge in [0.25, 0.3) is 0 Å². The second-order valence-electron chi connectivity index (χ2n) is 5.14. The molecule has 2 atom stereocenters. The first-order valence-electron chi connectivity index (χ1n) is 6.70. The fourth-order valence-electron chi connectivity index (χ4n) is 2.39. The molecule has 0 spiro atoms. The summed E-state index contributed by atoms with van der Waals surface area (Å²) in [6.07, 6.45) is 0.481. The third-order valence-electron chi connectivity index (χ3n) is 3.31. The molecule has 1 saturated heterocycles. The minimum atomic E-state index is -3.15. The second-order valence-corrected chi connectivity index (χ2v) is 7.36. The third kappa shape index (κ3) is 5.09. The van der Waals surface area contributed by atoms with Crippen LogP contribution in [0.5, 0.6) is 0 Å². The fraction of sp³-hybridized carbons (Fsp3) is 0.833. The Bertz CT molecular complexity index is 462. The van der Waals surface area contributed by atoms with Gasteiger partial charge < -0.3 is 15.3 Å². The van der Waals surface area contributed by atoms with Crippen LogP contribution in [0.4, 0.5) is 0 Å². The van der Waals surface area contributed by atoms with Crippen LogP contribution in [-0.2, 0) is 19.4 Å². The zero-order valence-electron chi connectivity index (χ0n) is 11.8. The van der Waals surface area contributed by atoms with E-state index < -0.39 is 28.4 Å². The van der Waals surface area contributed by atoms with Crippen molar-refractivity contribution >= 4 is 21.7 Å². The van der Waals surface area contributed by atoms with Crippen LogP contribution in [-0.4, -0.2) is 67.0 Å². The van der Waals surface area contributed by atoms with Gasteiger partial charge in [0.1, 0.15) is 6.54 Å². The van der Waals surface area contributed by atoms with Crippen LogP contribution in [0.3, 0.4) is 0 Å². The van der Waals surface area contributed by atoms with Crippen LogP contribution in [0.25, 0.3) is 0 Å². The van der Waals surface area contributed by atoms with E-state index in [-0.39, 0.29) is 29.9 Å². The van der Waals surface area contributed by atoms with Gasteiger partial charge in [0.15, 0.2) is 9.84 Å². The summed E-state index contributed by atoms with van der Waals surface area (Å²) in [6, 6.07) is -0.584. The van der Waals surface area contributed by atoms with Crippen molar-refractivity contribution in [2.24, 2.45) is 0 Å². The average Bonchev–Trinajstić information content (AvgIpc) is 2.66. The molecular formula is C12H22N2O5S. The Morgan fingerprint density at radius 3 is 2.55 bits per heavy atom. The number of carboxylic acid groups (broad SMARTS) is 1. The number of carboxylic acids is 1. The van der Waals surface area contributed by atoms with Gasteiger partial charge in [-0.15, -0.1) is 0 Å². The summed E-state index contributed by atoms with van der Waals surface area (Å²) >= 11 is 0. The molecule has 0 aromatic carbocycles. The molecule has 2 unspecified atom stereocenters. The lowest BCUT2D eigenvalue weighted by atomic mass is 10.1. The maximum Gasteiger partial charge on any atom is 0.323 e. The average molecular weight is 306 g/mol. The Morgan fingerprint density at radius 1 is 1.45 bits per heavy atom. The number of hydrogen-bond acceptors (Lipinski definition) is 5. The van der Waals surface area contributed by atoms with Gasteiger partial charge in [-0.2, -0.15) is 0 Å². The van der Waals surface area contributed by atoms with Crippen LogP contribution in [0.15, 0.2) is 0 Å². The number of nitrogens with zero attached hydrogens (tertiary/aromatic N) is 1. The highest BCUT2D eigenvalue weighted by Gasteiger charge is 2.35. The maximum absolute atomic E-state index is 12.2. The van der Waals surface area contributed by atoms with E-state index in [9.17, 15) is 18.0 Å².